The van der Waals surface area contributed by atoms with Gasteiger partial charge in [-0.05, 0) is 18.1 Å². The molecule has 1 aliphatic rings. The van der Waals surface area contributed by atoms with Crippen LogP contribution in [0.25, 0.3) is 6.08 Å². The molecule has 4 nitrogen and oxygen atoms in total. The van der Waals surface area contributed by atoms with E-state index >= 15 is 0 Å². The van der Waals surface area contributed by atoms with Crippen LogP contribution < -0.4 is 4.90 Å². The van der Waals surface area contributed by atoms with Gasteiger partial charge in [0.1, 0.15) is 12.5 Å². The molecule has 0 saturated heterocycles. The Hall–Kier alpha value is -2.27. The van der Waals surface area contributed by atoms with E-state index in [4.69, 9.17) is 11.6 Å². The van der Waals surface area contributed by atoms with Crippen LogP contribution in [-0.2, 0) is 0 Å². The molecule has 2 aromatic rings. The molecule has 0 radical (unpaired) electrons. The summed E-state index contributed by atoms with van der Waals surface area (Å²) in [6.45, 7) is 8.38. The van der Waals surface area contributed by atoms with Crippen molar-refractivity contribution in [2.75, 3.05) is 11.6 Å². The number of halogens is 2. The number of aliphatic imine (C=N–C) groups is 1. The van der Waals surface area contributed by atoms with Crippen molar-refractivity contribution in [3.05, 3.63) is 52.7 Å². The van der Waals surface area contributed by atoms with Crippen LogP contribution in [0.3, 0.4) is 0 Å². The number of pyridine rings is 2. The van der Waals surface area contributed by atoms with Crippen LogP contribution in [0, 0.1) is 5.82 Å². The third-order valence-corrected chi connectivity index (χ3v) is 3.94. The average Bonchev–Trinajstić information content (AvgIpc) is 2.54. The van der Waals surface area contributed by atoms with Gasteiger partial charge in [-0.25, -0.2) is 9.37 Å². The predicted molar refractivity (Wildman–Crippen MR) is 92.2 cm³/mol. The lowest BCUT2D eigenvalue weighted by atomic mass is 10.0. The van der Waals surface area contributed by atoms with E-state index in [1.807, 2.05) is 11.0 Å². The lowest BCUT2D eigenvalue weighted by Crippen LogP contribution is -2.26. The molecule has 3 heterocycles. The highest BCUT2D eigenvalue weighted by atomic mass is 35.5. The SMILES string of the molecule is C=Cc1ccnc(C(C)C)c1N1CN=Cc2cc(F)c(Cl)nc21. The van der Waals surface area contributed by atoms with Crippen molar-refractivity contribution in [1.82, 2.24) is 9.97 Å². The maximum absolute atomic E-state index is 13.7. The second-order valence-corrected chi connectivity index (χ2v) is 5.91. The Labute approximate surface area is 139 Å². The third-order valence-electron chi connectivity index (χ3n) is 3.67. The zero-order valence-electron chi connectivity index (χ0n) is 12.9. The number of anilines is 2. The van der Waals surface area contributed by atoms with Gasteiger partial charge in [-0.15, -0.1) is 0 Å². The molecule has 0 fully saturated rings. The van der Waals surface area contributed by atoms with Gasteiger partial charge in [0.05, 0.1) is 11.4 Å². The lowest BCUT2D eigenvalue weighted by Gasteiger charge is -2.30. The minimum atomic E-state index is -0.557. The molecular formula is C17H16ClFN4. The fourth-order valence-corrected chi connectivity index (χ4v) is 2.75. The normalized spacial score (nSPS) is 13.3. The smallest absolute Gasteiger partial charge is 0.167 e. The molecule has 0 N–H and O–H groups in total. The van der Waals surface area contributed by atoms with Crippen molar-refractivity contribution in [3.63, 3.8) is 0 Å². The summed E-state index contributed by atoms with van der Waals surface area (Å²) in [7, 11) is 0. The van der Waals surface area contributed by atoms with Gasteiger partial charge in [-0.1, -0.05) is 38.1 Å². The summed E-state index contributed by atoms with van der Waals surface area (Å²) in [4.78, 5) is 14.9. The standard InChI is InChI=1S/C17H16ClFN4/c1-4-11-5-6-21-14(10(2)3)15(11)23-9-20-8-12-7-13(19)16(18)22-17(12)23/h4-8,10H,1,9H2,2-3H3. The van der Waals surface area contributed by atoms with E-state index in [0.717, 1.165) is 16.9 Å². The first-order valence-corrected chi connectivity index (χ1v) is 7.65. The predicted octanol–water partition coefficient (Wildman–Crippen LogP) is 4.56. The molecule has 1 aliphatic heterocycles. The molecule has 3 rings (SSSR count). The fraction of sp³-hybridized carbons (Fsp3) is 0.235. The molecule has 23 heavy (non-hydrogen) atoms. The summed E-state index contributed by atoms with van der Waals surface area (Å²) in [6, 6.07) is 3.23. The maximum Gasteiger partial charge on any atom is 0.167 e. The highest BCUT2D eigenvalue weighted by Crippen LogP contribution is 2.37. The van der Waals surface area contributed by atoms with E-state index in [2.05, 4.69) is 35.4 Å². The molecule has 118 valence electrons. The van der Waals surface area contributed by atoms with Gasteiger partial charge in [-0.3, -0.25) is 9.98 Å². The highest BCUT2D eigenvalue weighted by molar-refractivity contribution is 6.29. The first-order chi connectivity index (χ1) is 11.0. The van der Waals surface area contributed by atoms with Crippen LogP contribution in [0.15, 0.2) is 29.9 Å². The number of fused-ring (bicyclic) bond motifs is 1. The summed E-state index contributed by atoms with van der Waals surface area (Å²) < 4.78 is 13.7. The molecule has 0 saturated carbocycles. The highest BCUT2D eigenvalue weighted by Gasteiger charge is 2.25. The van der Waals surface area contributed by atoms with Crippen molar-refractivity contribution >= 4 is 35.4 Å². The summed E-state index contributed by atoms with van der Waals surface area (Å²) in [5, 5.41) is -0.154. The largest absolute Gasteiger partial charge is 0.303 e. The zero-order chi connectivity index (χ0) is 16.6. The van der Waals surface area contributed by atoms with Gasteiger partial charge >= 0.3 is 0 Å². The number of hydrogen-bond donors (Lipinski definition) is 0. The Morgan fingerprint density at radius 2 is 2.22 bits per heavy atom. The van der Waals surface area contributed by atoms with E-state index in [0.29, 0.717) is 18.1 Å². The van der Waals surface area contributed by atoms with Gasteiger partial charge < -0.3 is 4.90 Å². The summed E-state index contributed by atoms with van der Waals surface area (Å²) in [5.74, 6) is 0.220. The Balaban J connectivity index is 2.24. The summed E-state index contributed by atoms with van der Waals surface area (Å²) in [6.07, 6.45) is 5.14. The van der Waals surface area contributed by atoms with E-state index in [9.17, 15) is 4.39 Å². The van der Waals surface area contributed by atoms with Crippen LogP contribution in [0.4, 0.5) is 15.9 Å². The number of rotatable bonds is 3. The van der Waals surface area contributed by atoms with Gasteiger partial charge in [-0.2, -0.15) is 0 Å². The zero-order valence-corrected chi connectivity index (χ0v) is 13.7. The van der Waals surface area contributed by atoms with E-state index in [-0.39, 0.29) is 11.1 Å². The second-order valence-electron chi connectivity index (χ2n) is 5.55. The number of nitrogens with zero attached hydrogens (tertiary/aromatic N) is 4. The quantitative estimate of drug-likeness (QED) is 0.774. The van der Waals surface area contributed by atoms with Crippen molar-refractivity contribution < 1.29 is 4.39 Å². The molecule has 0 unspecified atom stereocenters. The molecule has 0 atom stereocenters. The average molecular weight is 331 g/mol. The van der Waals surface area contributed by atoms with Gasteiger partial charge in [0.25, 0.3) is 0 Å². The minimum Gasteiger partial charge on any atom is -0.303 e. The van der Waals surface area contributed by atoms with E-state index in [1.54, 1.807) is 18.5 Å². The summed E-state index contributed by atoms with van der Waals surface area (Å²) >= 11 is 5.88. The van der Waals surface area contributed by atoms with E-state index < -0.39 is 5.82 Å². The second kappa shape index (κ2) is 6.08. The van der Waals surface area contributed by atoms with Crippen LogP contribution >= 0.6 is 11.6 Å². The van der Waals surface area contributed by atoms with Crippen molar-refractivity contribution in [2.24, 2.45) is 4.99 Å². The molecule has 0 aromatic carbocycles. The molecule has 6 heteroatoms. The van der Waals surface area contributed by atoms with E-state index in [1.165, 1.54) is 6.07 Å². The Morgan fingerprint density at radius 1 is 1.43 bits per heavy atom. The molecule has 2 aromatic heterocycles. The number of aromatic nitrogens is 2. The Morgan fingerprint density at radius 3 is 2.91 bits per heavy atom. The molecule has 0 aliphatic carbocycles. The van der Waals surface area contributed by atoms with Crippen molar-refractivity contribution in [1.29, 1.82) is 0 Å². The Kier molecular flexibility index (Phi) is 4.13. The number of hydrogen-bond acceptors (Lipinski definition) is 4. The minimum absolute atomic E-state index is 0.154. The topological polar surface area (TPSA) is 41.4 Å². The first-order valence-electron chi connectivity index (χ1n) is 7.27. The van der Waals surface area contributed by atoms with Gasteiger partial charge in [0.2, 0.25) is 0 Å². The summed E-state index contributed by atoms with van der Waals surface area (Å²) in [5.41, 5.74) is 3.30. The first kappa shape index (κ1) is 15.6. The van der Waals surface area contributed by atoms with Crippen LogP contribution in [0.2, 0.25) is 5.15 Å². The van der Waals surface area contributed by atoms with Crippen molar-refractivity contribution in [2.45, 2.75) is 19.8 Å². The monoisotopic (exact) mass is 330 g/mol. The van der Waals surface area contributed by atoms with Crippen LogP contribution in [-0.4, -0.2) is 22.9 Å². The van der Waals surface area contributed by atoms with Gasteiger partial charge in [0, 0.05) is 23.5 Å². The molecular weight excluding hydrogens is 315 g/mol. The Bertz CT molecular complexity index is 801. The van der Waals surface area contributed by atoms with Crippen molar-refractivity contribution in [3.8, 4) is 0 Å². The van der Waals surface area contributed by atoms with Crippen LogP contribution in [0.5, 0.6) is 0 Å². The third kappa shape index (κ3) is 2.72. The lowest BCUT2D eigenvalue weighted by molar-refractivity contribution is 0.621. The van der Waals surface area contributed by atoms with Crippen LogP contribution in [0.1, 0.15) is 36.6 Å². The molecule has 0 bridgehead atoms. The molecule has 0 spiro atoms. The maximum atomic E-state index is 13.7. The molecule has 0 amide bonds. The van der Waals surface area contributed by atoms with Gasteiger partial charge in [0.15, 0.2) is 11.0 Å². The fourth-order valence-electron chi connectivity index (χ4n) is 2.61.